The zero-order valence-electron chi connectivity index (χ0n) is 9.06. The van der Waals surface area contributed by atoms with E-state index < -0.39 is 0 Å². The second-order valence-electron chi connectivity index (χ2n) is 4.13. The summed E-state index contributed by atoms with van der Waals surface area (Å²) in [7, 11) is 1.59. The summed E-state index contributed by atoms with van der Waals surface area (Å²) in [6, 6.07) is 4.08. The van der Waals surface area contributed by atoms with Crippen LogP contribution in [0.4, 0.5) is 11.5 Å². The Labute approximate surface area is 93.4 Å². The van der Waals surface area contributed by atoms with Gasteiger partial charge in [-0.25, -0.2) is 0 Å². The van der Waals surface area contributed by atoms with E-state index in [-0.39, 0.29) is 5.91 Å². The molecule has 2 heterocycles. The smallest absolute Gasteiger partial charge is 0.244 e. The Hall–Kier alpha value is -1.78. The molecule has 1 amide bonds. The van der Waals surface area contributed by atoms with Crippen LogP contribution in [-0.4, -0.2) is 30.6 Å². The summed E-state index contributed by atoms with van der Waals surface area (Å²) in [5.74, 6) is 1.45. The molecule has 16 heavy (non-hydrogen) atoms. The number of aromatic nitrogens is 1. The van der Waals surface area contributed by atoms with Crippen LogP contribution in [0.2, 0.25) is 0 Å². The molecule has 0 saturated heterocycles. The fourth-order valence-electron chi connectivity index (χ4n) is 1.97. The van der Waals surface area contributed by atoms with Gasteiger partial charge in [-0.05, 0) is 18.9 Å². The summed E-state index contributed by atoms with van der Waals surface area (Å²) >= 11 is 0. The van der Waals surface area contributed by atoms with Crippen molar-refractivity contribution in [2.45, 2.75) is 18.9 Å². The van der Waals surface area contributed by atoms with Crippen molar-refractivity contribution in [2.24, 2.45) is 0 Å². The number of anilines is 2. The summed E-state index contributed by atoms with van der Waals surface area (Å²) in [5.41, 5.74) is 0.781. The van der Waals surface area contributed by atoms with E-state index in [1.54, 1.807) is 13.2 Å². The van der Waals surface area contributed by atoms with E-state index in [1.807, 2.05) is 6.07 Å². The van der Waals surface area contributed by atoms with E-state index in [1.165, 1.54) is 0 Å². The predicted octanol–water partition coefficient (Wildman–Crippen LogP) is 1.01. The fourth-order valence-corrected chi connectivity index (χ4v) is 1.97. The first-order valence-corrected chi connectivity index (χ1v) is 5.39. The molecule has 0 unspecified atom stereocenters. The number of fused-ring (bicyclic) bond motifs is 1. The molecule has 0 atom stereocenters. The first kappa shape index (κ1) is 9.45. The highest BCUT2D eigenvalue weighted by Crippen LogP contribution is 2.37. The van der Waals surface area contributed by atoms with E-state index in [4.69, 9.17) is 4.74 Å². The van der Waals surface area contributed by atoms with Gasteiger partial charge in [-0.2, -0.15) is 4.98 Å². The third-order valence-corrected chi connectivity index (χ3v) is 2.91. The maximum Gasteiger partial charge on any atom is 0.244 e. The number of amides is 1. The third-order valence-electron chi connectivity index (χ3n) is 2.91. The van der Waals surface area contributed by atoms with Gasteiger partial charge in [-0.3, -0.25) is 4.79 Å². The number of pyridine rings is 1. The van der Waals surface area contributed by atoms with Crippen LogP contribution in [0.25, 0.3) is 0 Å². The summed E-state index contributed by atoms with van der Waals surface area (Å²) in [5, 5.41) is 2.83. The van der Waals surface area contributed by atoms with Crippen molar-refractivity contribution in [3.63, 3.8) is 0 Å². The lowest BCUT2D eigenvalue weighted by atomic mass is 10.2. The molecule has 1 fully saturated rings. The van der Waals surface area contributed by atoms with Crippen molar-refractivity contribution in [3.8, 4) is 5.88 Å². The zero-order chi connectivity index (χ0) is 11.1. The molecule has 0 bridgehead atoms. The minimum Gasteiger partial charge on any atom is -0.481 e. The van der Waals surface area contributed by atoms with Crippen molar-refractivity contribution >= 4 is 17.4 Å². The quantitative estimate of drug-likeness (QED) is 0.806. The van der Waals surface area contributed by atoms with Crippen LogP contribution < -0.4 is 15.0 Å². The number of ether oxygens (including phenoxy) is 1. The van der Waals surface area contributed by atoms with Gasteiger partial charge in [-0.1, -0.05) is 0 Å². The molecule has 3 rings (SSSR count). The van der Waals surface area contributed by atoms with Gasteiger partial charge in [0.15, 0.2) is 5.82 Å². The van der Waals surface area contributed by atoms with Crippen LogP contribution in [0, 0.1) is 0 Å². The molecule has 0 radical (unpaired) electrons. The lowest BCUT2D eigenvalue weighted by molar-refractivity contribution is -0.115. The molecular weight excluding hydrogens is 206 g/mol. The Bertz CT molecular complexity index is 443. The molecule has 1 saturated carbocycles. The molecule has 5 nitrogen and oxygen atoms in total. The second-order valence-corrected chi connectivity index (χ2v) is 4.13. The Morgan fingerprint density at radius 2 is 2.31 bits per heavy atom. The second kappa shape index (κ2) is 3.37. The molecular formula is C11H13N3O2. The van der Waals surface area contributed by atoms with Crippen molar-refractivity contribution < 1.29 is 9.53 Å². The van der Waals surface area contributed by atoms with Gasteiger partial charge in [0.25, 0.3) is 0 Å². The Kier molecular flexibility index (Phi) is 1.99. The fraction of sp³-hybridized carbons (Fsp3) is 0.455. The summed E-state index contributed by atoms with van der Waals surface area (Å²) in [6.45, 7) is 0.401. The maximum absolute atomic E-state index is 11.5. The summed E-state index contributed by atoms with van der Waals surface area (Å²) < 4.78 is 5.11. The lowest BCUT2D eigenvalue weighted by Gasteiger charge is -2.29. The van der Waals surface area contributed by atoms with Crippen molar-refractivity contribution in [1.29, 1.82) is 0 Å². The molecule has 1 aliphatic carbocycles. The molecule has 0 spiro atoms. The maximum atomic E-state index is 11.5. The van der Waals surface area contributed by atoms with E-state index in [9.17, 15) is 4.79 Å². The topological polar surface area (TPSA) is 54.5 Å². The standard InChI is InChI=1S/C11H13N3O2/c1-16-10-5-4-8-11(13-10)14(7-2-3-7)6-9(15)12-8/h4-5,7H,2-3,6H2,1H3,(H,12,15). The molecule has 84 valence electrons. The van der Waals surface area contributed by atoms with E-state index in [0.29, 0.717) is 18.5 Å². The van der Waals surface area contributed by atoms with Gasteiger partial charge in [0, 0.05) is 12.1 Å². The Balaban J connectivity index is 2.03. The van der Waals surface area contributed by atoms with Crippen LogP contribution in [0.3, 0.4) is 0 Å². The SMILES string of the molecule is COc1ccc2c(n1)N(C1CC1)CC(=O)N2. The van der Waals surface area contributed by atoms with Gasteiger partial charge >= 0.3 is 0 Å². The van der Waals surface area contributed by atoms with Gasteiger partial charge in [0.2, 0.25) is 11.8 Å². The van der Waals surface area contributed by atoms with Crippen LogP contribution in [0.5, 0.6) is 5.88 Å². The van der Waals surface area contributed by atoms with E-state index in [2.05, 4.69) is 15.2 Å². The molecule has 5 heteroatoms. The monoisotopic (exact) mass is 219 g/mol. The number of hydrogen-bond acceptors (Lipinski definition) is 4. The lowest BCUT2D eigenvalue weighted by Crippen LogP contribution is -2.40. The van der Waals surface area contributed by atoms with Crippen molar-refractivity contribution in [3.05, 3.63) is 12.1 Å². The highest BCUT2D eigenvalue weighted by molar-refractivity contribution is 6.00. The average molecular weight is 219 g/mol. The number of hydrogen-bond donors (Lipinski definition) is 1. The molecule has 0 aromatic carbocycles. The minimum atomic E-state index is 0.0337. The number of nitrogens with one attached hydrogen (secondary N) is 1. The van der Waals surface area contributed by atoms with Gasteiger partial charge in [-0.15, -0.1) is 0 Å². The minimum absolute atomic E-state index is 0.0337. The van der Waals surface area contributed by atoms with E-state index in [0.717, 1.165) is 24.3 Å². The highest BCUT2D eigenvalue weighted by Gasteiger charge is 2.35. The number of carbonyl (C=O) groups is 1. The number of methoxy groups -OCH3 is 1. The molecule has 2 aliphatic rings. The largest absolute Gasteiger partial charge is 0.481 e. The van der Waals surface area contributed by atoms with Crippen molar-refractivity contribution in [2.75, 3.05) is 23.9 Å². The number of nitrogens with zero attached hydrogens (tertiary/aromatic N) is 2. The van der Waals surface area contributed by atoms with Crippen LogP contribution in [0.15, 0.2) is 12.1 Å². The predicted molar refractivity (Wildman–Crippen MR) is 59.8 cm³/mol. The van der Waals surface area contributed by atoms with Crippen molar-refractivity contribution in [1.82, 2.24) is 4.98 Å². The summed E-state index contributed by atoms with van der Waals surface area (Å²) in [4.78, 5) is 18.0. The average Bonchev–Trinajstić information content (AvgIpc) is 3.11. The molecule has 1 aliphatic heterocycles. The molecule has 1 aromatic heterocycles. The first-order valence-electron chi connectivity index (χ1n) is 5.39. The van der Waals surface area contributed by atoms with Crippen LogP contribution >= 0.6 is 0 Å². The number of rotatable bonds is 2. The first-order chi connectivity index (χ1) is 7.78. The van der Waals surface area contributed by atoms with Crippen LogP contribution in [0.1, 0.15) is 12.8 Å². The normalized spacial score (nSPS) is 19.1. The highest BCUT2D eigenvalue weighted by atomic mass is 16.5. The zero-order valence-corrected chi connectivity index (χ0v) is 9.06. The third kappa shape index (κ3) is 1.48. The van der Waals surface area contributed by atoms with Crippen LogP contribution in [-0.2, 0) is 4.79 Å². The summed E-state index contributed by atoms with van der Waals surface area (Å²) in [6.07, 6.45) is 2.29. The van der Waals surface area contributed by atoms with Gasteiger partial charge in [0.05, 0.1) is 19.3 Å². The Morgan fingerprint density at radius 3 is 3.00 bits per heavy atom. The van der Waals surface area contributed by atoms with E-state index >= 15 is 0 Å². The van der Waals surface area contributed by atoms with Gasteiger partial charge in [0.1, 0.15) is 0 Å². The number of carbonyl (C=O) groups excluding carboxylic acids is 1. The molecule has 1 aromatic rings. The molecule has 1 N–H and O–H groups in total. The Morgan fingerprint density at radius 1 is 1.50 bits per heavy atom. The van der Waals surface area contributed by atoms with Gasteiger partial charge < -0.3 is 15.0 Å².